The average molecular weight is 247 g/mol. The van der Waals surface area contributed by atoms with Crippen molar-refractivity contribution in [2.45, 2.75) is 38.0 Å². The molecule has 1 aliphatic rings. The van der Waals surface area contributed by atoms with Crippen molar-refractivity contribution in [3.63, 3.8) is 0 Å². The van der Waals surface area contributed by atoms with Crippen LogP contribution in [0.2, 0.25) is 0 Å². The van der Waals surface area contributed by atoms with Gasteiger partial charge in [-0.2, -0.15) is 0 Å². The SMILES string of the molecule is CON(C)C(=O)c1ccccc1C1CCCCC1. The van der Waals surface area contributed by atoms with Gasteiger partial charge in [0.25, 0.3) is 5.91 Å². The van der Waals surface area contributed by atoms with Crippen LogP contribution < -0.4 is 0 Å². The molecule has 0 spiro atoms. The van der Waals surface area contributed by atoms with Gasteiger partial charge >= 0.3 is 0 Å². The van der Waals surface area contributed by atoms with Crippen LogP contribution in [0.25, 0.3) is 0 Å². The Bertz CT molecular complexity index is 411. The van der Waals surface area contributed by atoms with E-state index >= 15 is 0 Å². The number of hydroxylamine groups is 2. The van der Waals surface area contributed by atoms with Crippen molar-refractivity contribution in [1.82, 2.24) is 5.06 Å². The molecule has 2 rings (SSSR count). The lowest BCUT2D eigenvalue weighted by molar-refractivity contribution is -0.0757. The first-order valence-electron chi connectivity index (χ1n) is 6.65. The molecule has 0 atom stereocenters. The zero-order chi connectivity index (χ0) is 13.0. The van der Waals surface area contributed by atoms with Crippen LogP contribution in [0.3, 0.4) is 0 Å². The zero-order valence-corrected chi connectivity index (χ0v) is 11.2. The topological polar surface area (TPSA) is 29.5 Å². The van der Waals surface area contributed by atoms with Crippen LogP contribution in [0, 0.1) is 0 Å². The molecule has 0 N–H and O–H groups in total. The first-order chi connectivity index (χ1) is 8.74. The third-order valence-electron chi connectivity index (χ3n) is 3.80. The molecule has 18 heavy (non-hydrogen) atoms. The van der Waals surface area contributed by atoms with Crippen LogP contribution in [0.1, 0.15) is 53.9 Å². The van der Waals surface area contributed by atoms with Gasteiger partial charge in [0.05, 0.1) is 7.11 Å². The van der Waals surface area contributed by atoms with E-state index < -0.39 is 0 Å². The molecule has 98 valence electrons. The molecule has 0 aromatic heterocycles. The average Bonchev–Trinajstić information content (AvgIpc) is 2.46. The van der Waals surface area contributed by atoms with Crippen molar-refractivity contribution < 1.29 is 9.63 Å². The normalized spacial score (nSPS) is 16.6. The van der Waals surface area contributed by atoms with Gasteiger partial charge < -0.3 is 0 Å². The highest BCUT2D eigenvalue weighted by Gasteiger charge is 2.22. The van der Waals surface area contributed by atoms with Crippen molar-refractivity contribution in [3.05, 3.63) is 35.4 Å². The smallest absolute Gasteiger partial charge is 0.274 e. The van der Waals surface area contributed by atoms with Crippen LogP contribution in [0.4, 0.5) is 0 Å². The van der Waals surface area contributed by atoms with Crippen LogP contribution in [0.15, 0.2) is 24.3 Å². The summed E-state index contributed by atoms with van der Waals surface area (Å²) >= 11 is 0. The number of hydrogen-bond donors (Lipinski definition) is 0. The summed E-state index contributed by atoms with van der Waals surface area (Å²) in [6, 6.07) is 7.94. The summed E-state index contributed by atoms with van der Waals surface area (Å²) in [7, 11) is 3.17. The maximum Gasteiger partial charge on any atom is 0.277 e. The maximum absolute atomic E-state index is 12.2. The number of benzene rings is 1. The van der Waals surface area contributed by atoms with E-state index in [-0.39, 0.29) is 5.91 Å². The number of hydrogen-bond acceptors (Lipinski definition) is 2. The molecule has 0 bridgehead atoms. The van der Waals surface area contributed by atoms with Crippen LogP contribution in [-0.4, -0.2) is 25.1 Å². The fourth-order valence-corrected chi connectivity index (χ4v) is 2.71. The minimum absolute atomic E-state index is 0.0568. The van der Waals surface area contributed by atoms with E-state index in [2.05, 4.69) is 6.07 Å². The van der Waals surface area contributed by atoms with Crippen molar-refractivity contribution in [2.24, 2.45) is 0 Å². The summed E-state index contributed by atoms with van der Waals surface area (Å²) in [6.45, 7) is 0. The van der Waals surface area contributed by atoms with E-state index in [0.717, 1.165) is 5.56 Å². The Morgan fingerprint density at radius 1 is 1.22 bits per heavy atom. The van der Waals surface area contributed by atoms with Gasteiger partial charge in [0.15, 0.2) is 0 Å². The zero-order valence-electron chi connectivity index (χ0n) is 11.2. The summed E-state index contributed by atoms with van der Waals surface area (Å²) < 4.78 is 0. The summed E-state index contributed by atoms with van der Waals surface area (Å²) in [6.07, 6.45) is 6.26. The second-order valence-corrected chi connectivity index (χ2v) is 4.91. The lowest BCUT2D eigenvalue weighted by Gasteiger charge is -2.25. The minimum Gasteiger partial charge on any atom is -0.274 e. The molecule has 1 saturated carbocycles. The largest absolute Gasteiger partial charge is 0.277 e. The van der Waals surface area contributed by atoms with Crippen LogP contribution in [-0.2, 0) is 4.84 Å². The first kappa shape index (κ1) is 13.1. The quantitative estimate of drug-likeness (QED) is 0.766. The Morgan fingerprint density at radius 3 is 2.56 bits per heavy atom. The predicted octanol–water partition coefficient (Wildman–Crippen LogP) is 3.37. The molecular weight excluding hydrogens is 226 g/mol. The van der Waals surface area contributed by atoms with Gasteiger partial charge in [-0.15, -0.1) is 0 Å². The van der Waals surface area contributed by atoms with Crippen LogP contribution in [0.5, 0.6) is 0 Å². The predicted molar refractivity (Wildman–Crippen MR) is 71.4 cm³/mol. The summed E-state index contributed by atoms with van der Waals surface area (Å²) in [5, 5.41) is 1.29. The maximum atomic E-state index is 12.2. The van der Waals surface area contributed by atoms with E-state index in [9.17, 15) is 4.79 Å². The van der Waals surface area contributed by atoms with Crippen molar-refractivity contribution >= 4 is 5.91 Å². The van der Waals surface area contributed by atoms with E-state index in [0.29, 0.717) is 5.92 Å². The highest BCUT2D eigenvalue weighted by atomic mass is 16.7. The van der Waals surface area contributed by atoms with Crippen molar-refractivity contribution in [1.29, 1.82) is 0 Å². The van der Waals surface area contributed by atoms with E-state index in [1.807, 2.05) is 18.2 Å². The third-order valence-corrected chi connectivity index (χ3v) is 3.80. The minimum atomic E-state index is -0.0568. The molecule has 0 saturated heterocycles. The highest BCUT2D eigenvalue weighted by Crippen LogP contribution is 2.34. The molecule has 1 fully saturated rings. The first-order valence-corrected chi connectivity index (χ1v) is 6.65. The number of carbonyl (C=O) groups excluding carboxylic acids is 1. The Labute approximate surface area is 109 Å². The molecule has 1 amide bonds. The fraction of sp³-hybridized carbons (Fsp3) is 0.533. The highest BCUT2D eigenvalue weighted by molar-refractivity contribution is 5.95. The van der Waals surface area contributed by atoms with Gasteiger partial charge in [0.2, 0.25) is 0 Å². The Hall–Kier alpha value is -1.35. The van der Waals surface area contributed by atoms with E-state index in [1.165, 1.54) is 49.8 Å². The van der Waals surface area contributed by atoms with Gasteiger partial charge in [-0.1, -0.05) is 37.5 Å². The standard InChI is InChI=1S/C15H21NO2/c1-16(18-2)15(17)14-11-7-6-10-13(14)12-8-4-3-5-9-12/h6-7,10-12H,3-5,8-9H2,1-2H3. The van der Waals surface area contributed by atoms with Gasteiger partial charge in [-0.3, -0.25) is 9.63 Å². The molecule has 1 aromatic rings. The van der Waals surface area contributed by atoms with Gasteiger partial charge in [0, 0.05) is 12.6 Å². The number of amides is 1. The second kappa shape index (κ2) is 6.01. The molecule has 0 aliphatic heterocycles. The van der Waals surface area contributed by atoms with Crippen LogP contribution >= 0.6 is 0 Å². The molecule has 3 nitrogen and oxygen atoms in total. The third kappa shape index (κ3) is 2.72. The molecule has 1 aromatic carbocycles. The fourth-order valence-electron chi connectivity index (χ4n) is 2.71. The molecule has 3 heteroatoms. The van der Waals surface area contributed by atoms with Gasteiger partial charge in [-0.05, 0) is 30.4 Å². The van der Waals surface area contributed by atoms with E-state index in [4.69, 9.17) is 4.84 Å². The summed E-state index contributed by atoms with van der Waals surface area (Å²) in [4.78, 5) is 17.2. The lowest BCUT2D eigenvalue weighted by atomic mass is 9.82. The number of rotatable bonds is 3. The molecule has 0 heterocycles. The summed E-state index contributed by atoms with van der Waals surface area (Å²) in [5.41, 5.74) is 1.97. The monoisotopic (exact) mass is 247 g/mol. The van der Waals surface area contributed by atoms with Gasteiger partial charge in [0.1, 0.15) is 0 Å². The lowest BCUT2D eigenvalue weighted by Crippen LogP contribution is -2.27. The Morgan fingerprint density at radius 2 is 1.89 bits per heavy atom. The van der Waals surface area contributed by atoms with Crippen molar-refractivity contribution in [2.75, 3.05) is 14.2 Å². The Kier molecular flexibility index (Phi) is 4.37. The second-order valence-electron chi connectivity index (χ2n) is 4.91. The molecule has 1 aliphatic carbocycles. The van der Waals surface area contributed by atoms with Crippen molar-refractivity contribution in [3.8, 4) is 0 Å². The van der Waals surface area contributed by atoms with Gasteiger partial charge in [-0.25, -0.2) is 5.06 Å². The van der Waals surface area contributed by atoms with E-state index in [1.54, 1.807) is 7.05 Å². The molecule has 0 unspecified atom stereocenters. The summed E-state index contributed by atoms with van der Waals surface area (Å²) in [5.74, 6) is 0.475. The Balaban J connectivity index is 2.27. The number of carbonyl (C=O) groups is 1. The molecular formula is C15H21NO2. The molecule has 0 radical (unpaired) electrons. The number of nitrogens with zero attached hydrogens (tertiary/aromatic N) is 1.